The Balaban J connectivity index is 2.26. The van der Waals surface area contributed by atoms with E-state index in [0.29, 0.717) is 0 Å². The van der Waals surface area contributed by atoms with E-state index in [1.54, 1.807) is 12.1 Å². The summed E-state index contributed by atoms with van der Waals surface area (Å²) in [6.45, 7) is 0. The molecule has 0 aliphatic carbocycles. The summed E-state index contributed by atoms with van der Waals surface area (Å²) >= 11 is -4.96. The number of hydrogen-bond acceptors (Lipinski definition) is 4. The first-order valence-corrected chi connectivity index (χ1v) is 8.15. The van der Waals surface area contributed by atoms with Crippen molar-refractivity contribution in [3.05, 3.63) is 42.6 Å². The van der Waals surface area contributed by atoms with Crippen LogP contribution in [0.5, 0.6) is 0 Å². The van der Waals surface area contributed by atoms with Crippen molar-refractivity contribution in [1.29, 1.82) is 0 Å². The van der Waals surface area contributed by atoms with Crippen LogP contribution in [0.4, 0.5) is 11.6 Å². The molecular formula is C10H10AsN3O3. The molecule has 6 nitrogen and oxygen atoms in total. The third-order valence-corrected chi connectivity index (χ3v) is 3.74. The molecule has 0 fully saturated rings. The van der Waals surface area contributed by atoms with E-state index in [0.717, 1.165) is 5.69 Å². The monoisotopic (exact) mass is 295 g/mol. The second kappa shape index (κ2) is 4.71. The molecule has 88 valence electrons. The van der Waals surface area contributed by atoms with E-state index in [4.69, 9.17) is 8.19 Å². The molecule has 0 saturated heterocycles. The van der Waals surface area contributed by atoms with Crippen LogP contribution in [0.3, 0.4) is 0 Å². The topological polar surface area (TPSA) is 95.3 Å². The predicted octanol–water partition coefficient (Wildman–Crippen LogP) is -0.219. The Hall–Kier alpha value is -1.62. The molecule has 0 atom stereocenters. The van der Waals surface area contributed by atoms with Crippen LogP contribution in [-0.2, 0) is 3.74 Å². The van der Waals surface area contributed by atoms with Gasteiger partial charge in [0.05, 0.1) is 0 Å². The Kier molecular flexibility index (Phi) is 3.28. The molecular weight excluding hydrogens is 285 g/mol. The van der Waals surface area contributed by atoms with E-state index in [9.17, 15) is 3.74 Å². The molecule has 7 heteroatoms. The summed E-state index contributed by atoms with van der Waals surface area (Å²) in [6, 6.07) is 10.4. The molecule has 1 aromatic heterocycles. The van der Waals surface area contributed by atoms with Gasteiger partial charge in [-0.2, -0.15) is 0 Å². The van der Waals surface area contributed by atoms with Gasteiger partial charge >= 0.3 is 100 Å². The average molecular weight is 295 g/mol. The van der Waals surface area contributed by atoms with Crippen molar-refractivity contribution in [1.82, 2.24) is 9.97 Å². The number of para-hydroxylation sites is 1. The van der Waals surface area contributed by atoms with Gasteiger partial charge in [0.15, 0.2) is 0 Å². The van der Waals surface area contributed by atoms with E-state index in [1.165, 1.54) is 12.3 Å². The second-order valence-electron chi connectivity index (χ2n) is 3.27. The summed E-state index contributed by atoms with van der Waals surface area (Å²) in [5.74, 6) is 0.165. The van der Waals surface area contributed by atoms with Crippen molar-refractivity contribution in [2.75, 3.05) is 5.32 Å². The number of nitrogens with one attached hydrogen (secondary N) is 1. The van der Waals surface area contributed by atoms with Crippen LogP contribution in [0.1, 0.15) is 0 Å². The number of rotatable bonds is 3. The molecule has 0 aliphatic rings. The SMILES string of the molecule is O=[As](O)(O)c1ccnc(Nc2ccccc2)n1. The zero-order chi connectivity index (χ0) is 12.3. The summed E-state index contributed by atoms with van der Waals surface area (Å²) in [5.41, 5.74) is 0.752. The Bertz CT molecular complexity index is 556. The molecule has 1 heterocycles. The van der Waals surface area contributed by atoms with E-state index < -0.39 is 14.2 Å². The van der Waals surface area contributed by atoms with Crippen molar-refractivity contribution in [2.24, 2.45) is 0 Å². The van der Waals surface area contributed by atoms with Crippen LogP contribution < -0.4 is 9.80 Å². The van der Waals surface area contributed by atoms with E-state index in [2.05, 4.69) is 15.3 Å². The summed E-state index contributed by atoms with van der Waals surface area (Å²) < 4.78 is 28.9. The van der Waals surface area contributed by atoms with Gasteiger partial charge in [-0.1, -0.05) is 0 Å². The van der Waals surface area contributed by atoms with E-state index in [1.807, 2.05) is 18.2 Å². The predicted molar refractivity (Wildman–Crippen MR) is 62.3 cm³/mol. The molecule has 0 bridgehead atoms. The van der Waals surface area contributed by atoms with Gasteiger partial charge in [0.1, 0.15) is 0 Å². The minimum atomic E-state index is -4.96. The zero-order valence-corrected chi connectivity index (χ0v) is 10.6. The molecule has 0 unspecified atom stereocenters. The normalized spacial score (nSPS) is 11.2. The van der Waals surface area contributed by atoms with Gasteiger partial charge in [-0.05, 0) is 0 Å². The Labute approximate surface area is 100 Å². The van der Waals surface area contributed by atoms with Crippen molar-refractivity contribution in [3.8, 4) is 0 Å². The van der Waals surface area contributed by atoms with Gasteiger partial charge in [0.2, 0.25) is 0 Å². The van der Waals surface area contributed by atoms with Crippen LogP contribution in [0.15, 0.2) is 42.6 Å². The first-order chi connectivity index (χ1) is 8.05. The van der Waals surface area contributed by atoms with Crippen LogP contribution in [0.2, 0.25) is 0 Å². The van der Waals surface area contributed by atoms with Crippen molar-refractivity contribution < 1.29 is 11.9 Å². The molecule has 2 rings (SSSR count). The molecule has 1 aromatic carbocycles. The third-order valence-electron chi connectivity index (χ3n) is 1.97. The van der Waals surface area contributed by atoms with Crippen molar-refractivity contribution >= 4 is 30.3 Å². The number of nitrogens with zero attached hydrogens (tertiary/aromatic N) is 2. The maximum absolute atomic E-state index is 11.1. The fourth-order valence-corrected chi connectivity index (χ4v) is 2.24. The Morgan fingerprint density at radius 3 is 2.47 bits per heavy atom. The number of hydrogen-bond donors (Lipinski definition) is 3. The van der Waals surface area contributed by atoms with Gasteiger partial charge < -0.3 is 0 Å². The average Bonchev–Trinajstić information content (AvgIpc) is 2.29. The zero-order valence-electron chi connectivity index (χ0n) is 8.69. The van der Waals surface area contributed by atoms with Gasteiger partial charge in [0, 0.05) is 0 Å². The Morgan fingerprint density at radius 2 is 1.82 bits per heavy atom. The van der Waals surface area contributed by atoms with Crippen LogP contribution >= 0.6 is 0 Å². The summed E-state index contributed by atoms with van der Waals surface area (Å²) in [5, 5.41) is 2.86. The van der Waals surface area contributed by atoms with Gasteiger partial charge in [-0.25, -0.2) is 0 Å². The van der Waals surface area contributed by atoms with E-state index in [-0.39, 0.29) is 10.4 Å². The number of benzene rings is 1. The molecule has 2 aromatic rings. The molecule has 0 spiro atoms. The van der Waals surface area contributed by atoms with Crippen molar-refractivity contribution in [2.45, 2.75) is 0 Å². The fourth-order valence-electron chi connectivity index (χ4n) is 1.22. The second-order valence-corrected chi connectivity index (χ2v) is 6.52. The number of aromatic nitrogens is 2. The fraction of sp³-hybridized carbons (Fsp3) is 0. The molecule has 17 heavy (non-hydrogen) atoms. The van der Waals surface area contributed by atoms with Crippen molar-refractivity contribution in [3.63, 3.8) is 0 Å². The molecule has 0 amide bonds. The van der Waals surface area contributed by atoms with Crippen LogP contribution in [0, 0.1) is 0 Å². The summed E-state index contributed by atoms with van der Waals surface area (Å²) in [4.78, 5) is 7.67. The number of anilines is 2. The minimum absolute atomic E-state index is 0.165. The molecule has 0 aliphatic heterocycles. The third kappa shape index (κ3) is 3.17. The summed E-state index contributed by atoms with van der Waals surface area (Å²) in [7, 11) is 0. The van der Waals surface area contributed by atoms with E-state index >= 15 is 0 Å². The summed E-state index contributed by atoms with van der Waals surface area (Å²) in [6.07, 6.45) is 1.31. The molecule has 3 N–H and O–H groups in total. The Morgan fingerprint density at radius 1 is 1.12 bits per heavy atom. The first-order valence-electron chi connectivity index (χ1n) is 4.77. The van der Waals surface area contributed by atoms with Crippen LogP contribution in [0.25, 0.3) is 0 Å². The molecule has 0 radical (unpaired) electrons. The van der Waals surface area contributed by atoms with Gasteiger partial charge in [-0.3, -0.25) is 0 Å². The van der Waals surface area contributed by atoms with Gasteiger partial charge in [-0.15, -0.1) is 0 Å². The first kappa shape index (κ1) is 11.9. The maximum atomic E-state index is 11.1. The van der Waals surface area contributed by atoms with Crippen LogP contribution in [-0.4, -0.2) is 32.3 Å². The quantitative estimate of drug-likeness (QED) is 0.678. The van der Waals surface area contributed by atoms with Gasteiger partial charge in [0.25, 0.3) is 0 Å². The molecule has 0 saturated carbocycles. The standard InChI is InChI=1S/C10H10AsN3O3/c15-11(16,17)9-6-7-12-10(14-9)13-8-4-2-1-3-5-8/h1-7H,(H,12,13,14)(H2,15,16,17).